The first-order valence-electron chi connectivity index (χ1n) is 15.3. The summed E-state index contributed by atoms with van der Waals surface area (Å²) in [5.74, 6) is 0.403. The summed E-state index contributed by atoms with van der Waals surface area (Å²) in [6.07, 6.45) is 14.7. The van der Waals surface area contributed by atoms with E-state index in [1.54, 1.807) is 0 Å². The minimum absolute atomic E-state index is 0.105. The first kappa shape index (κ1) is 32.8. The fourth-order valence-electron chi connectivity index (χ4n) is 5.35. The second kappa shape index (κ2) is 15.4. The van der Waals surface area contributed by atoms with E-state index in [9.17, 15) is 9.90 Å². The van der Waals surface area contributed by atoms with E-state index in [4.69, 9.17) is 4.43 Å². The molecule has 4 nitrogen and oxygen atoms in total. The number of hydrogen-bond donors (Lipinski definition) is 1. The molecule has 216 valence electrons. The maximum Gasteiger partial charge on any atom is 0.225 e. The predicted molar refractivity (Wildman–Crippen MR) is 164 cm³/mol. The van der Waals surface area contributed by atoms with Crippen molar-refractivity contribution in [3.05, 3.63) is 48.0 Å². The van der Waals surface area contributed by atoms with Crippen LogP contribution in [0.25, 0.3) is 0 Å². The number of nitrogens with zero attached hydrogens (tertiary/aromatic N) is 1. The topological polar surface area (TPSA) is 49.8 Å². The lowest BCUT2D eigenvalue weighted by Crippen LogP contribution is -2.43. The molecule has 1 N–H and O–H groups in total. The number of allylic oxidation sites excluding steroid dienone is 1. The molecule has 0 radical (unpaired) electrons. The van der Waals surface area contributed by atoms with Crippen molar-refractivity contribution in [3.63, 3.8) is 0 Å². The van der Waals surface area contributed by atoms with E-state index < -0.39 is 13.9 Å². The maximum absolute atomic E-state index is 13.0. The Morgan fingerprint density at radius 3 is 2.42 bits per heavy atom. The summed E-state index contributed by atoms with van der Waals surface area (Å²) >= 11 is 0. The number of carbonyl (C=O) groups is 1. The average molecular weight is 544 g/mol. The Kier molecular flexibility index (Phi) is 13.3. The zero-order chi connectivity index (χ0) is 28.2. The number of hydrogen-bond acceptors (Lipinski definition) is 3. The third kappa shape index (κ3) is 11.0. The van der Waals surface area contributed by atoms with Crippen molar-refractivity contribution in [1.29, 1.82) is 0 Å². The second-order valence-corrected chi connectivity index (χ2v) is 17.9. The average Bonchev–Trinajstić information content (AvgIpc) is 2.84. The molecule has 0 aromatic heterocycles. The normalized spacial score (nSPS) is 21.5. The Balaban J connectivity index is 2.03. The Morgan fingerprint density at radius 2 is 1.82 bits per heavy atom. The Labute approximate surface area is 235 Å². The zero-order valence-electron chi connectivity index (χ0n) is 25.6. The molecule has 1 saturated carbocycles. The highest BCUT2D eigenvalue weighted by Crippen LogP contribution is 2.39. The molecule has 0 heterocycles. The first-order valence-corrected chi connectivity index (χ1v) is 18.2. The van der Waals surface area contributed by atoms with Crippen LogP contribution in [0.15, 0.2) is 42.5 Å². The molecular weight excluding hydrogens is 486 g/mol. The van der Waals surface area contributed by atoms with Crippen molar-refractivity contribution < 1.29 is 14.3 Å². The largest absolute Gasteiger partial charge is 0.411 e. The molecule has 1 unspecified atom stereocenters. The van der Waals surface area contributed by atoms with Gasteiger partial charge in [-0.05, 0) is 87.4 Å². The van der Waals surface area contributed by atoms with Gasteiger partial charge in [0, 0.05) is 13.1 Å². The van der Waals surface area contributed by atoms with Gasteiger partial charge in [-0.3, -0.25) is 4.79 Å². The molecule has 3 atom stereocenters. The van der Waals surface area contributed by atoms with Crippen molar-refractivity contribution in [2.75, 3.05) is 13.1 Å². The van der Waals surface area contributed by atoms with Crippen molar-refractivity contribution in [2.24, 2.45) is 5.92 Å². The molecule has 1 amide bonds. The van der Waals surface area contributed by atoms with Gasteiger partial charge >= 0.3 is 0 Å². The van der Waals surface area contributed by atoms with E-state index in [0.717, 1.165) is 70.9 Å². The quantitative estimate of drug-likeness (QED) is 0.137. The third-order valence-corrected chi connectivity index (χ3v) is 13.1. The lowest BCUT2D eigenvalue weighted by atomic mass is 9.76. The minimum Gasteiger partial charge on any atom is -0.411 e. The maximum atomic E-state index is 13.0. The third-order valence-electron chi connectivity index (χ3n) is 8.58. The highest BCUT2D eigenvalue weighted by Gasteiger charge is 2.39. The number of amides is 1. The Morgan fingerprint density at radius 1 is 1.16 bits per heavy atom. The molecule has 0 aliphatic heterocycles. The number of aryl methyl sites for hydroxylation is 1. The van der Waals surface area contributed by atoms with E-state index in [-0.39, 0.29) is 23.5 Å². The lowest BCUT2D eigenvalue weighted by molar-refractivity contribution is -0.138. The van der Waals surface area contributed by atoms with Gasteiger partial charge in [-0.2, -0.15) is 0 Å². The summed E-state index contributed by atoms with van der Waals surface area (Å²) in [6, 6.07) is 10.7. The van der Waals surface area contributed by atoms with E-state index in [1.807, 2.05) is 4.90 Å². The number of carbonyl (C=O) groups excluding carboxylic acids is 1. The smallest absolute Gasteiger partial charge is 0.225 e. The molecule has 1 aliphatic carbocycles. The van der Waals surface area contributed by atoms with Gasteiger partial charge in [-0.25, -0.2) is 0 Å². The molecule has 1 aromatic carbocycles. The summed E-state index contributed by atoms with van der Waals surface area (Å²) in [4.78, 5) is 14.9. The Hall–Kier alpha value is -1.43. The van der Waals surface area contributed by atoms with Crippen LogP contribution < -0.4 is 0 Å². The molecule has 1 aromatic rings. The van der Waals surface area contributed by atoms with Crippen LogP contribution in [-0.2, 0) is 15.6 Å². The van der Waals surface area contributed by atoms with Gasteiger partial charge in [0.25, 0.3) is 0 Å². The summed E-state index contributed by atoms with van der Waals surface area (Å²) in [5, 5.41) is 11.6. The van der Waals surface area contributed by atoms with Crippen LogP contribution in [0, 0.1) is 5.92 Å². The Bertz CT molecular complexity index is 842. The summed E-state index contributed by atoms with van der Waals surface area (Å²) < 4.78 is 6.88. The SMILES string of the molecule is CCCN(CCC)C(=O)C[C@@]1(O)CCC[C@H](/C=C/C(CCCCc2ccccc2)O[Si](C)(C)C(C)(C)C)C1. The number of benzene rings is 1. The lowest BCUT2D eigenvalue weighted by Gasteiger charge is -2.39. The van der Waals surface area contributed by atoms with E-state index in [0.29, 0.717) is 12.3 Å². The fourth-order valence-corrected chi connectivity index (χ4v) is 6.66. The van der Waals surface area contributed by atoms with Crippen molar-refractivity contribution in [3.8, 4) is 0 Å². The molecule has 38 heavy (non-hydrogen) atoms. The number of unbranched alkanes of at least 4 members (excludes halogenated alkanes) is 1. The van der Waals surface area contributed by atoms with Gasteiger partial charge in [-0.1, -0.05) is 83.5 Å². The fraction of sp³-hybridized carbons (Fsp3) is 0.727. The van der Waals surface area contributed by atoms with E-state index >= 15 is 0 Å². The second-order valence-electron chi connectivity index (χ2n) is 13.2. The molecule has 0 bridgehead atoms. The van der Waals surface area contributed by atoms with Crippen molar-refractivity contribution >= 4 is 14.2 Å². The van der Waals surface area contributed by atoms with Crippen LogP contribution in [-0.4, -0.2) is 49.0 Å². The molecule has 0 saturated heterocycles. The standard InChI is InChI=1S/C33H57NO3Si/c1-8-24-34(25-9-2)31(35)27-33(36)23-15-19-29(26-33)21-22-30(37-38(6,7)32(3,4)5)20-14-13-18-28-16-11-10-12-17-28/h10-12,16-17,21-22,29-30,36H,8-9,13-15,18-20,23-27H2,1-7H3/b22-21+/t29-,30?,33-/m1/s1. The van der Waals surface area contributed by atoms with Crippen molar-refractivity contribution in [2.45, 2.75) is 135 Å². The van der Waals surface area contributed by atoms with Gasteiger partial charge < -0.3 is 14.4 Å². The van der Waals surface area contributed by atoms with Crippen LogP contribution >= 0.6 is 0 Å². The minimum atomic E-state index is -1.91. The molecule has 1 aliphatic rings. The van der Waals surface area contributed by atoms with Gasteiger partial charge in [0.2, 0.25) is 5.91 Å². The number of rotatable bonds is 15. The van der Waals surface area contributed by atoms with Crippen LogP contribution in [0.1, 0.15) is 104 Å². The molecular formula is C33H57NO3Si. The zero-order valence-corrected chi connectivity index (χ0v) is 26.6. The van der Waals surface area contributed by atoms with Gasteiger partial charge in [0.1, 0.15) is 0 Å². The van der Waals surface area contributed by atoms with E-state index in [2.05, 4.69) is 90.2 Å². The van der Waals surface area contributed by atoms with Crippen LogP contribution in [0.3, 0.4) is 0 Å². The molecule has 0 spiro atoms. The van der Waals surface area contributed by atoms with Gasteiger partial charge in [0.05, 0.1) is 18.1 Å². The van der Waals surface area contributed by atoms with Crippen LogP contribution in [0.2, 0.25) is 18.1 Å². The van der Waals surface area contributed by atoms with Crippen molar-refractivity contribution in [1.82, 2.24) is 4.90 Å². The van der Waals surface area contributed by atoms with Gasteiger partial charge in [0.15, 0.2) is 8.32 Å². The first-order chi connectivity index (χ1) is 17.9. The van der Waals surface area contributed by atoms with Crippen LogP contribution in [0.5, 0.6) is 0 Å². The highest BCUT2D eigenvalue weighted by atomic mass is 28.4. The monoisotopic (exact) mass is 543 g/mol. The van der Waals surface area contributed by atoms with Crippen LogP contribution in [0.4, 0.5) is 0 Å². The summed E-state index contributed by atoms with van der Waals surface area (Å²) in [6.45, 7) is 17.3. The van der Waals surface area contributed by atoms with E-state index in [1.165, 1.54) is 5.56 Å². The summed E-state index contributed by atoms with van der Waals surface area (Å²) in [7, 11) is -1.91. The summed E-state index contributed by atoms with van der Waals surface area (Å²) in [5.41, 5.74) is 0.507. The molecule has 2 rings (SSSR count). The molecule has 1 fully saturated rings. The predicted octanol–water partition coefficient (Wildman–Crippen LogP) is 8.31. The highest BCUT2D eigenvalue weighted by molar-refractivity contribution is 6.74. The van der Waals surface area contributed by atoms with Gasteiger partial charge in [-0.15, -0.1) is 0 Å². The number of aliphatic hydroxyl groups is 1. The molecule has 5 heteroatoms.